The summed E-state index contributed by atoms with van der Waals surface area (Å²) in [5, 5.41) is 0. The van der Waals surface area contributed by atoms with Gasteiger partial charge in [-0.2, -0.15) is 0 Å². The Bertz CT molecular complexity index is 139. The van der Waals surface area contributed by atoms with E-state index in [9.17, 15) is 0 Å². The molecule has 1 rings (SSSR count). The van der Waals surface area contributed by atoms with E-state index in [1.807, 2.05) is 27.7 Å². The highest BCUT2D eigenvalue weighted by Gasteiger charge is 2.42. The minimum atomic E-state index is 0. The summed E-state index contributed by atoms with van der Waals surface area (Å²) in [4.78, 5) is 0. The first kappa shape index (κ1) is 32.8. The van der Waals surface area contributed by atoms with Gasteiger partial charge >= 0.3 is 0 Å². The zero-order valence-corrected chi connectivity index (χ0v) is 16.3. The molecular weight excluding hydrogens is 252 g/mol. The van der Waals surface area contributed by atoms with Gasteiger partial charge in [-0.25, -0.2) is 0 Å². The molecule has 1 fully saturated rings. The Morgan fingerprint density at radius 2 is 0.619 bits per heavy atom. The third kappa shape index (κ3) is 20.0. The minimum absolute atomic E-state index is 0. The molecule has 0 radical (unpaired) electrons. The van der Waals surface area contributed by atoms with Gasteiger partial charge in [0.1, 0.15) is 0 Å². The van der Waals surface area contributed by atoms with E-state index in [1.165, 1.54) is 25.7 Å². The highest BCUT2D eigenvalue weighted by Crippen LogP contribution is 2.53. The minimum Gasteiger partial charge on any atom is -0.0776 e. The fraction of sp³-hybridized carbons (Fsp3) is 1.00. The van der Waals surface area contributed by atoms with Crippen LogP contribution in [-0.4, -0.2) is 0 Å². The van der Waals surface area contributed by atoms with Gasteiger partial charge in [0.15, 0.2) is 0 Å². The SMILES string of the molecule is C.C.CC.CC.CC1(C)CC(C)(C)CC(C)(C)C1.CCC. The predicted molar refractivity (Wildman–Crippen MR) is 107 cm³/mol. The first-order valence-electron chi connectivity index (χ1n) is 8.54. The fourth-order valence-corrected chi connectivity index (χ4v) is 4.07. The highest BCUT2D eigenvalue weighted by molar-refractivity contribution is 4.92. The summed E-state index contributed by atoms with van der Waals surface area (Å²) in [5.74, 6) is 0. The summed E-state index contributed by atoms with van der Waals surface area (Å²) >= 11 is 0. The van der Waals surface area contributed by atoms with Crippen LogP contribution in [0.2, 0.25) is 0 Å². The van der Waals surface area contributed by atoms with Gasteiger partial charge in [0.2, 0.25) is 0 Å². The van der Waals surface area contributed by atoms with Crippen LogP contribution in [0.4, 0.5) is 0 Å². The summed E-state index contributed by atoms with van der Waals surface area (Å²) < 4.78 is 0. The maximum absolute atomic E-state index is 2.41. The molecule has 0 amide bonds. The molecule has 1 aliphatic carbocycles. The van der Waals surface area contributed by atoms with E-state index < -0.39 is 0 Å². The van der Waals surface area contributed by atoms with Crippen molar-refractivity contribution in [1.29, 1.82) is 0 Å². The van der Waals surface area contributed by atoms with E-state index >= 15 is 0 Å². The molecule has 0 atom stereocenters. The van der Waals surface area contributed by atoms with Crippen LogP contribution in [0.15, 0.2) is 0 Å². The van der Waals surface area contributed by atoms with Crippen molar-refractivity contribution in [3.05, 3.63) is 0 Å². The van der Waals surface area contributed by atoms with E-state index in [2.05, 4.69) is 55.4 Å². The molecule has 0 aromatic heterocycles. The molecule has 136 valence electrons. The number of hydrogen-bond donors (Lipinski definition) is 0. The number of rotatable bonds is 0. The van der Waals surface area contributed by atoms with Crippen molar-refractivity contribution in [2.75, 3.05) is 0 Å². The molecule has 1 aliphatic rings. The van der Waals surface area contributed by atoms with Crippen LogP contribution in [0.5, 0.6) is 0 Å². The standard InChI is InChI=1S/C12H24.C3H8.2C2H6.2CH4/c1-10(2)7-11(3,4)9-12(5,6)8-10;1-3-2;2*1-2;;/h7-9H2,1-6H3;3H2,1-2H3;2*1-2H3;2*1H4. The van der Waals surface area contributed by atoms with Crippen molar-refractivity contribution in [1.82, 2.24) is 0 Å². The molecule has 0 heteroatoms. The van der Waals surface area contributed by atoms with Crippen molar-refractivity contribution in [3.8, 4) is 0 Å². The second-order valence-corrected chi connectivity index (χ2v) is 7.73. The van der Waals surface area contributed by atoms with Gasteiger partial charge in [-0.1, -0.05) is 104 Å². The van der Waals surface area contributed by atoms with E-state index in [0.29, 0.717) is 16.2 Å². The lowest BCUT2D eigenvalue weighted by molar-refractivity contribution is 0.0203. The van der Waals surface area contributed by atoms with Crippen molar-refractivity contribution < 1.29 is 0 Å². The van der Waals surface area contributed by atoms with Crippen LogP contribution in [0.25, 0.3) is 0 Å². The van der Waals surface area contributed by atoms with Crippen molar-refractivity contribution in [2.24, 2.45) is 16.2 Å². The Hall–Kier alpha value is 0. The van der Waals surface area contributed by atoms with Gasteiger partial charge in [0, 0.05) is 0 Å². The first-order chi connectivity index (χ1) is 8.54. The zero-order chi connectivity index (χ0) is 16.3. The maximum atomic E-state index is 2.41. The second-order valence-electron chi connectivity index (χ2n) is 7.73. The summed E-state index contributed by atoms with van der Waals surface area (Å²) in [6.45, 7) is 26.7. The van der Waals surface area contributed by atoms with E-state index in [0.717, 1.165) is 0 Å². The van der Waals surface area contributed by atoms with E-state index in [1.54, 1.807) is 0 Å². The molecule has 0 bridgehead atoms. The largest absolute Gasteiger partial charge is 0.0776 e. The van der Waals surface area contributed by atoms with Crippen LogP contribution in [-0.2, 0) is 0 Å². The molecule has 21 heavy (non-hydrogen) atoms. The van der Waals surface area contributed by atoms with Crippen LogP contribution >= 0.6 is 0 Å². The molecule has 0 spiro atoms. The first-order valence-corrected chi connectivity index (χ1v) is 8.54. The molecule has 0 heterocycles. The molecule has 0 nitrogen and oxygen atoms in total. The third-order valence-corrected chi connectivity index (χ3v) is 2.87. The average Bonchev–Trinajstić information content (AvgIpc) is 2.17. The molecule has 0 aromatic rings. The summed E-state index contributed by atoms with van der Waals surface area (Å²) in [5.41, 5.74) is 1.64. The van der Waals surface area contributed by atoms with Crippen LogP contribution in [0.3, 0.4) is 0 Å². The molecular formula is C21H52. The van der Waals surface area contributed by atoms with Gasteiger partial charge in [-0.15, -0.1) is 0 Å². The fourth-order valence-electron chi connectivity index (χ4n) is 4.07. The molecule has 1 saturated carbocycles. The lowest BCUT2D eigenvalue weighted by atomic mass is 9.56. The van der Waals surface area contributed by atoms with Gasteiger partial charge < -0.3 is 0 Å². The Kier molecular flexibility index (Phi) is 23.3. The molecule has 0 aliphatic heterocycles. The van der Waals surface area contributed by atoms with Crippen LogP contribution < -0.4 is 0 Å². The van der Waals surface area contributed by atoms with Gasteiger partial charge in [0.05, 0.1) is 0 Å². The monoisotopic (exact) mass is 304 g/mol. The lowest BCUT2D eigenvalue weighted by Crippen LogP contribution is -2.38. The molecule has 0 unspecified atom stereocenters. The second kappa shape index (κ2) is 14.9. The Morgan fingerprint density at radius 3 is 0.714 bits per heavy atom. The maximum Gasteiger partial charge on any atom is -0.0344 e. The average molecular weight is 305 g/mol. The van der Waals surface area contributed by atoms with E-state index in [4.69, 9.17) is 0 Å². The van der Waals surface area contributed by atoms with Crippen molar-refractivity contribution in [2.45, 2.75) is 124 Å². The smallest absolute Gasteiger partial charge is 0.0344 e. The Balaban J connectivity index is -0.0000000827. The Morgan fingerprint density at radius 1 is 0.524 bits per heavy atom. The summed E-state index contributed by atoms with van der Waals surface area (Å²) in [7, 11) is 0. The van der Waals surface area contributed by atoms with Crippen molar-refractivity contribution in [3.63, 3.8) is 0 Å². The molecule has 0 aromatic carbocycles. The third-order valence-electron chi connectivity index (χ3n) is 2.87. The predicted octanol–water partition coefficient (Wildman–Crippen LogP) is 8.99. The highest BCUT2D eigenvalue weighted by atomic mass is 14.5. The summed E-state index contributed by atoms with van der Waals surface area (Å²) in [6.07, 6.45) is 5.39. The molecule has 0 N–H and O–H groups in total. The quantitative estimate of drug-likeness (QED) is 0.419. The van der Waals surface area contributed by atoms with Gasteiger partial charge in [0.25, 0.3) is 0 Å². The lowest BCUT2D eigenvalue weighted by Gasteiger charge is -2.49. The number of hydrogen-bond acceptors (Lipinski definition) is 0. The normalized spacial score (nSPS) is 19.4. The zero-order valence-electron chi connectivity index (χ0n) is 16.3. The van der Waals surface area contributed by atoms with Crippen molar-refractivity contribution >= 4 is 0 Å². The van der Waals surface area contributed by atoms with Gasteiger partial charge in [-0.3, -0.25) is 0 Å². The van der Waals surface area contributed by atoms with Crippen LogP contribution in [0, 0.1) is 16.2 Å². The van der Waals surface area contributed by atoms with Gasteiger partial charge in [-0.05, 0) is 35.5 Å². The summed E-state index contributed by atoms with van der Waals surface area (Å²) in [6, 6.07) is 0. The van der Waals surface area contributed by atoms with Crippen LogP contribution in [0.1, 0.15) is 124 Å². The molecule has 0 saturated heterocycles. The Labute approximate surface area is 140 Å². The topological polar surface area (TPSA) is 0 Å². The van der Waals surface area contributed by atoms with E-state index in [-0.39, 0.29) is 14.9 Å².